The first-order chi connectivity index (χ1) is 9.17. The van der Waals surface area contributed by atoms with E-state index < -0.39 is 4.92 Å². The van der Waals surface area contributed by atoms with E-state index in [4.69, 9.17) is 0 Å². The highest BCUT2D eigenvalue weighted by Crippen LogP contribution is 2.22. The Hall–Kier alpha value is -1.76. The third-order valence-electron chi connectivity index (χ3n) is 2.73. The number of nitro benzene ring substituents is 1. The number of nitro groups is 1. The number of hydrogen-bond donors (Lipinski definition) is 0. The molecular weight excluding hydrogens is 312 g/mol. The van der Waals surface area contributed by atoms with Gasteiger partial charge in [-0.05, 0) is 18.6 Å². The van der Waals surface area contributed by atoms with E-state index in [9.17, 15) is 10.1 Å². The Morgan fingerprint density at radius 1 is 1.32 bits per heavy atom. The van der Waals surface area contributed by atoms with Gasteiger partial charge in [0.15, 0.2) is 5.82 Å². The number of halogens is 1. The maximum atomic E-state index is 10.6. The minimum absolute atomic E-state index is 0.0750. The van der Waals surface area contributed by atoms with Crippen molar-refractivity contribution in [2.24, 2.45) is 0 Å². The molecule has 7 heteroatoms. The molecule has 2 rings (SSSR count). The third-order valence-corrected chi connectivity index (χ3v) is 3.23. The molecule has 0 bridgehead atoms. The van der Waals surface area contributed by atoms with Gasteiger partial charge in [-0.3, -0.25) is 10.1 Å². The second kappa shape index (κ2) is 5.92. The first-order valence-electron chi connectivity index (χ1n) is 5.90. The van der Waals surface area contributed by atoms with Crippen molar-refractivity contribution in [1.82, 2.24) is 14.8 Å². The summed E-state index contributed by atoms with van der Waals surface area (Å²) < 4.78 is 2.02. The fraction of sp³-hybridized carbons (Fsp3) is 0.333. The Morgan fingerprint density at radius 2 is 2.00 bits per heavy atom. The van der Waals surface area contributed by atoms with Crippen LogP contribution < -0.4 is 0 Å². The van der Waals surface area contributed by atoms with E-state index in [1.54, 1.807) is 12.1 Å². The SMILES string of the molecule is CCCn1c(CBr)nnc1-c1ccc([N+](=O)[O-])cc1. The van der Waals surface area contributed by atoms with Gasteiger partial charge in [0.05, 0.1) is 10.3 Å². The van der Waals surface area contributed by atoms with Crippen molar-refractivity contribution in [3.05, 3.63) is 40.2 Å². The highest BCUT2D eigenvalue weighted by Gasteiger charge is 2.13. The highest BCUT2D eigenvalue weighted by molar-refractivity contribution is 9.08. The summed E-state index contributed by atoms with van der Waals surface area (Å²) in [6, 6.07) is 6.36. The van der Waals surface area contributed by atoms with E-state index in [0.29, 0.717) is 5.33 Å². The Morgan fingerprint density at radius 3 is 2.53 bits per heavy atom. The van der Waals surface area contributed by atoms with Crippen LogP contribution in [0.25, 0.3) is 11.4 Å². The first kappa shape index (κ1) is 13.7. The number of non-ortho nitro benzene ring substituents is 1. The quantitative estimate of drug-likeness (QED) is 0.481. The van der Waals surface area contributed by atoms with Gasteiger partial charge in [-0.25, -0.2) is 0 Å². The van der Waals surface area contributed by atoms with Crippen LogP contribution in [0.1, 0.15) is 19.2 Å². The van der Waals surface area contributed by atoms with Gasteiger partial charge >= 0.3 is 0 Å². The first-order valence-corrected chi connectivity index (χ1v) is 7.02. The predicted octanol–water partition coefficient (Wildman–Crippen LogP) is 3.16. The van der Waals surface area contributed by atoms with Crippen LogP contribution in [-0.2, 0) is 11.9 Å². The summed E-state index contributed by atoms with van der Waals surface area (Å²) in [4.78, 5) is 10.2. The molecule has 0 radical (unpaired) electrons. The van der Waals surface area contributed by atoms with Gasteiger partial charge < -0.3 is 4.57 Å². The van der Waals surface area contributed by atoms with Crippen LogP contribution in [0.15, 0.2) is 24.3 Å². The van der Waals surface area contributed by atoms with Crippen LogP contribution in [0.2, 0.25) is 0 Å². The van der Waals surface area contributed by atoms with E-state index in [-0.39, 0.29) is 5.69 Å². The van der Waals surface area contributed by atoms with E-state index in [1.165, 1.54) is 12.1 Å². The molecule has 0 saturated carbocycles. The molecule has 0 saturated heterocycles. The standard InChI is InChI=1S/C12H13BrN4O2/c1-2-7-16-11(8-13)14-15-12(16)9-3-5-10(6-4-9)17(18)19/h3-6H,2,7-8H2,1H3. The van der Waals surface area contributed by atoms with Gasteiger partial charge in [-0.15, -0.1) is 10.2 Å². The molecule has 0 aliphatic carbocycles. The van der Waals surface area contributed by atoms with E-state index in [1.807, 2.05) is 4.57 Å². The molecule has 0 spiro atoms. The van der Waals surface area contributed by atoms with E-state index >= 15 is 0 Å². The van der Waals surface area contributed by atoms with Crippen molar-refractivity contribution in [3.8, 4) is 11.4 Å². The summed E-state index contributed by atoms with van der Waals surface area (Å²) in [5.41, 5.74) is 0.907. The lowest BCUT2D eigenvalue weighted by Crippen LogP contribution is -2.03. The molecule has 0 N–H and O–H groups in total. The zero-order valence-corrected chi connectivity index (χ0v) is 12.0. The second-order valence-corrected chi connectivity index (χ2v) is 4.59. The highest BCUT2D eigenvalue weighted by atomic mass is 79.9. The van der Waals surface area contributed by atoms with Gasteiger partial charge in [0.1, 0.15) is 5.82 Å². The van der Waals surface area contributed by atoms with Gasteiger partial charge in [-0.2, -0.15) is 0 Å². The van der Waals surface area contributed by atoms with Crippen molar-refractivity contribution >= 4 is 21.6 Å². The van der Waals surface area contributed by atoms with Crippen molar-refractivity contribution in [2.45, 2.75) is 25.2 Å². The zero-order valence-electron chi connectivity index (χ0n) is 10.4. The molecule has 0 unspecified atom stereocenters. The van der Waals surface area contributed by atoms with Gasteiger partial charge in [0.2, 0.25) is 0 Å². The largest absolute Gasteiger partial charge is 0.310 e. The molecule has 0 fully saturated rings. The molecule has 19 heavy (non-hydrogen) atoms. The predicted molar refractivity (Wildman–Crippen MR) is 75.0 cm³/mol. The van der Waals surface area contributed by atoms with Gasteiger partial charge in [-0.1, -0.05) is 22.9 Å². The molecular formula is C12H13BrN4O2. The molecule has 0 amide bonds. The average Bonchev–Trinajstić information content (AvgIpc) is 2.82. The summed E-state index contributed by atoms with van der Waals surface area (Å²) in [6.45, 7) is 2.90. The number of alkyl halides is 1. The van der Waals surface area contributed by atoms with Crippen molar-refractivity contribution < 1.29 is 4.92 Å². The molecule has 100 valence electrons. The van der Waals surface area contributed by atoms with Crippen molar-refractivity contribution in [2.75, 3.05) is 0 Å². The maximum absolute atomic E-state index is 10.6. The van der Waals surface area contributed by atoms with Crippen LogP contribution in [0.5, 0.6) is 0 Å². The number of nitrogens with zero attached hydrogens (tertiary/aromatic N) is 4. The van der Waals surface area contributed by atoms with Crippen LogP contribution in [0.3, 0.4) is 0 Å². The molecule has 0 atom stereocenters. The fourth-order valence-corrected chi connectivity index (χ4v) is 2.25. The molecule has 1 aromatic heterocycles. The maximum Gasteiger partial charge on any atom is 0.269 e. The topological polar surface area (TPSA) is 73.8 Å². The summed E-state index contributed by atoms with van der Waals surface area (Å²) in [5.74, 6) is 1.60. The lowest BCUT2D eigenvalue weighted by molar-refractivity contribution is -0.384. The van der Waals surface area contributed by atoms with Gasteiger partial charge in [0, 0.05) is 24.2 Å². The second-order valence-electron chi connectivity index (χ2n) is 4.03. The molecule has 1 heterocycles. The van der Waals surface area contributed by atoms with Crippen molar-refractivity contribution in [3.63, 3.8) is 0 Å². The lowest BCUT2D eigenvalue weighted by atomic mass is 10.2. The Kier molecular flexibility index (Phi) is 4.26. The van der Waals surface area contributed by atoms with Crippen LogP contribution >= 0.6 is 15.9 Å². The summed E-state index contributed by atoms with van der Waals surface area (Å²) in [5, 5.41) is 19.5. The molecule has 1 aromatic carbocycles. The number of aromatic nitrogens is 3. The number of benzene rings is 1. The van der Waals surface area contributed by atoms with Crippen LogP contribution in [0.4, 0.5) is 5.69 Å². The van der Waals surface area contributed by atoms with Crippen molar-refractivity contribution in [1.29, 1.82) is 0 Å². The Bertz CT molecular complexity index is 580. The number of rotatable bonds is 5. The zero-order chi connectivity index (χ0) is 13.8. The Balaban J connectivity index is 2.40. The van der Waals surface area contributed by atoms with Gasteiger partial charge in [0.25, 0.3) is 5.69 Å². The fourth-order valence-electron chi connectivity index (χ4n) is 1.84. The molecule has 0 aliphatic heterocycles. The molecule has 6 nitrogen and oxygen atoms in total. The minimum Gasteiger partial charge on any atom is -0.310 e. The van der Waals surface area contributed by atoms with E-state index in [2.05, 4.69) is 33.1 Å². The lowest BCUT2D eigenvalue weighted by Gasteiger charge is -2.07. The van der Waals surface area contributed by atoms with Crippen LogP contribution in [-0.4, -0.2) is 19.7 Å². The monoisotopic (exact) mass is 324 g/mol. The number of hydrogen-bond acceptors (Lipinski definition) is 4. The summed E-state index contributed by atoms with van der Waals surface area (Å²) in [6.07, 6.45) is 0.970. The summed E-state index contributed by atoms with van der Waals surface area (Å²) in [7, 11) is 0. The third kappa shape index (κ3) is 2.81. The van der Waals surface area contributed by atoms with E-state index in [0.717, 1.165) is 30.2 Å². The van der Waals surface area contributed by atoms with Crippen LogP contribution in [0, 0.1) is 10.1 Å². The molecule has 0 aliphatic rings. The minimum atomic E-state index is -0.412. The average molecular weight is 325 g/mol. The molecule has 2 aromatic rings. The Labute approximate surface area is 118 Å². The normalized spacial score (nSPS) is 10.6. The smallest absolute Gasteiger partial charge is 0.269 e. The summed E-state index contributed by atoms with van der Waals surface area (Å²) >= 11 is 3.38.